The smallest absolute Gasteiger partial charge is 0.278 e. The molecule has 0 amide bonds. The van der Waals surface area contributed by atoms with Crippen LogP contribution >= 0.6 is 0 Å². The first kappa shape index (κ1) is 19.2. The summed E-state index contributed by atoms with van der Waals surface area (Å²) >= 11 is 0. The molecule has 0 bridgehead atoms. The summed E-state index contributed by atoms with van der Waals surface area (Å²) in [6.45, 7) is 8.03. The van der Waals surface area contributed by atoms with Crippen molar-refractivity contribution in [2.45, 2.75) is 13.8 Å². The van der Waals surface area contributed by atoms with Crippen LogP contribution < -0.4 is 9.80 Å². The van der Waals surface area contributed by atoms with Crippen molar-refractivity contribution in [2.75, 3.05) is 36.0 Å². The third-order valence-corrected chi connectivity index (χ3v) is 5.64. The van der Waals surface area contributed by atoms with Gasteiger partial charge in [0.05, 0.1) is 0 Å². The van der Waals surface area contributed by atoms with Crippen LogP contribution in [0.25, 0.3) is 23.0 Å². The van der Waals surface area contributed by atoms with Crippen LogP contribution in [0.4, 0.5) is 11.5 Å². The van der Waals surface area contributed by atoms with Gasteiger partial charge in [-0.2, -0.15) is 4.98 Å². The van der Waals surface area contributed by atoms with Gasteiger partial charge in [-0.05, 0) is 43.2 Å². The molecule has 0 N–H and O–H groups in total. The Labute approximate surface area is 181 Å². The second-order valence-corrected chi connectivity index (χ2v) is 7.83. The second-order valence-electron chi connectivity index (χ2n) is 7.83. The monoisotopic (exact) mass is 412 g/mol. The fourth-order valence-corrected chi connectivity index (χ4v) is 3.88. The van der Waals surface area contributed by atoms with Crippen molar-refractivity contribution in [1.29, 1.82) is 0 Å². The Morgan fingerprint density at radius 3 is 2.32 bits per heavy atom. The maximum atomic E-state index is 5.39. The number of rotatable bonds is 4. The van der Waals surface area contributed by atoms with E-state index in [4.69, 9.17) is 4.52 Å². The van der Waals surface area contributed by atoms with E-state index in [0.29, 0.717) is 17.4 Å². The van der Waals surface area contributed by atoms with E-state index in [1.807, 2.05) is 42.5 Å². The quantitative estimate of drug-likeness (QED) is 0.499. The standard InChI is InChI=1S/C24H24N6O/c1-17-8-9-18(2)21(16-17)29-12-14-30(15-13-29)22-11-10-20(26-27-22)24-25-23(28-31-24)19-6-4-3-5-7-19/h3-11,16H,12-15H2,1-2H3. The molecule has 5 rings (SSSR count). The number of piperazine rings is 1. The molecule has 0 aliphatic carbocycles. The summed E-state index contributed by atoms with van der Waals surface area (Å²) in [5, 5.41) is 12.8. The maximum Gasteiger partial charge on any atom is 0.278 e. The lowest BCUT2D eigenvalue weighted by atomic mass is 10.1. The zero-order valence-electron chi connectivity index (χ0n) is 17.7. The van der Waals surface area contributed by atoms with E-state index in [9.17, 15) is 0 Å². The first-order chi connectivity index (χ1) is 15.2. The summed E-state index contributed by atoms with van der Waals surface area (Å²) in [6, 6.07) is 20.2. The number of aryl methyl sites for hydroxylation is 2. The van der Waals surface area contributed by atoms with Crippen LogP contribution in [0.15, 0.2) is 65.2 Å². The molecule has 0 atom stereocenters. The molecular formula is C24H24N6O. The largest absolute Gasteiger partial charge is 0.368 e. The topological polar surface area (TPSA) is 71.2 Å². The summed E-state index contributed by atoms with van der Waals surface area (Å²) in [5.41, 5.74) is 5.42. The van der Waals surface area contributed by atoms with Crippen LogP contribution in [0.2, 0.25) is 0 Å². The zero-order valence-corrected chi connectivity index (χ0v) is 17.7. The number of aromatic nitrogens is 4. The molecule has 0 unspecified atom stereocenters. The van der Waals surface area contributed by atoms with E-state index in [0.717, 1.165) is 37.6 Å². The van der Waals surface area contributed by atoms with Gasteiger partial charge in [-0.25, -0.2) is 0 Å². The van der Waals surface area contributed by atoms with Crippen LogP contribution in [0.1, 0.15) is 11.1 Å². The van der Waals surface area contributed by atoms with Crippen molar-refractivity contribution < 1.29 is 4.52 Å². The van der Waals surface area contributed by atoms with Crippen molar-refractivity contribution in [1.82, 2.24) is 20.3 Å². The van der Waals surface area contributed by atoms with Gasteiger partial charge in [0.15, 0.2) is 11.5 Å². The van der Waals surface area contributed by atoms with E-state index in [1.54, 1.807) is 0 Å². The molecule has 156 valence electrons. The Hall–Kier alpha value is -3.74. The minimum absolute atomic E-state index is 0.373. The van der Waals surface area contributed by atoms with Crippen molar-refractivity contribution in [3.8, 4) is 23.0 Å². The molecule has 4 aromatic rings. The Kier molecular flexibility index (Phi) is 5.08. The minimum Gasteiger partial charge on any atom is -0.368 e. The van der Waals surface area contributed by atoms with Gasteiger partial charge in [0, 0.05) is 37.4 Å². The van der Waals surface area contributed by atoms with E-state index in [-0.39, 0.29) is 0 Å². The van der Waals surface area contributed by atoms with Crippen molar-refractivity contribution in [3.05, 3.63) is 71.8 Å². The molecule has 1 fully saturated rings. The van der Waals surface area contributed by atoms with Gasteiger partial charge in [0.2, 0.25) is 5.82 Å². The van der Waals surface area contributed by atoms with Crippen LogP contribution in [-0.2, 0) is 0 Å². The zero-order chi connectivity index (χ0) is 21.2. The second kappa shape index (κ2) is 8.18. The average Bonchev–Trinajstić information content (AvgIpc) is 3.32. The van der Waals surface area contributed by atoms with E-state index in [2.05, 4.69) is 62.2 Å². The normalized spacial score (nSPS) is 14.1. The molecule has 1 saturated heterocycles. The Morgan fingerprint density at radius 2 is 1.58 bits per heavy atom. The van der Waals surface area contributed by atoms with Gasteiger partial charge in [0.25, 0.3) is 5.89 Å². The molecule has 7 nitrogen and oxygen atoms in total. The highest BCUT2D eigenvalue weighted by Gasteiger charge is 2.20. The molecule has 31 heavy (non-hydrogen) atoms. The molecule has 7 heteroatoms. The summed E-state index contributed by atoms with van der Waals surface area (Å²) < 4.78 is 5.39. The molecule has 0 radical (unpaired) electrons. The molecular weight excluding hydrogens is 388 g/mol. The molecule has 1 aliphatic heterocycles. The highest BCUT2D eigenvalue weighted by atomic mass is 16.5. The van der Waals surface area contributed by atoms with Crippen LogP contribution in [0, 0.1) is 13.8 Å². The summed E-state index contributed by atoms with van der Waals surface area (Å²) in [7, 11) is 0. The van der Waals surface area contributed by atoms with Gasteiger partial charge in [-0.3, -0.25) is 0 Å². The Morgan fingerprint density at radius 1 is 0.806 bits per heavy atom. The summed E-state index contributed by atoms with van der Waals surface area (Å²) in [6.07, 6.45) is 0. The van der Waals surface area contributed by atoms with Crippen molar-refractivity contribution >= 4 is 11.5 Å². The summed E-state index contributed by atoms with van der Waals surface area (Å²) in [4.78, 5) is 9.17. The molecule has 2 aromatic carbocycles. The molecule has 1 aliphatic rings. The first-order valence-electron chi connectivity index (χ1n) is 10.5. The maximum absolute atomic E-state index is 5.39. The fraction of sp³-hybridized carbons (Fsp3) is 0.250. The van der Waals surface area contributed by atoms with Gasteiger partial charge in [-0.1, -0.05) is 47.6 Å². The number of hydrogen-bond acceptors (Lipinski definition) is 7. The highest BCUT2D eigenvalue weighted by molar-refractivity contribution is 5.59. The third kappa shape index (κ3) is 3.99. The Bertz CT molecular complexity index is 1160. The van der Waals surface area contributed by atoms with Crippen molar-refractivity contribution in [2.24, 2.45) is 0 Å². The molecule has 3 heterocycles. The van der Waals surface area contributed by atoms with Crippen LogP contribution in [0.3, 0.4) is 0 Å². The summed E-state index contributed by atoms with van der Waals surface area (Å²) in [5.74, 6) is 1.79. The SMILES string of the molecule is Cc1ccc(C)c(N2CCN(c3ccc(-c4nc(-c5ccccc5)no4)nn3)CC2)c1. The van der Waals surface area contributed by atoms with Crippen molar-refractivity contribution in [3.63, 3.8) is 0 Å². The lowest BCUT2D eigenvalue weighted by Gasteiger charge is -2.37. The third-order valence-electron chi connectivity index (χ3n) is 5.64. The number of hydrogen-bond donors (Lipinski definition) is 0. The predicted molar refractivity (Wildman–Crippen MR) is 121 cm³/mol. The van der Waals surface area contributed by atoms with Crippen LogP contribution in [0.5, 0.6) is 0 Å². The number of benzene rings is 2. The van der Waals surface area contributed by atoms with E-state index in [1.165, 1.54) is 16.8 Å². The number of anilines is 2. The van der Waals surface area contributed by atoms with Gasteiger partial charge in [0.1, 0.15) is 0 Å². The van der Waals surface area contributed by atoms with Gasteiger partial charge < -0.3 is 14.3 Å². The average molecular weight is 412 g/mol. The van der Waals surface area contributed by atoms with Gasteiger partial charge in [-0.15, -0.1) is 10.2 Å². The van der Waals surface area contributed by atoms with E-state index >= 15 is 0 Å². The molecule has 2 aromatic heterocycles. The van der Waals surface area contributed by atoms with Crippen LogP contribution in [-0.4, -0.2) is 46.5 Å². The Balaban J connectivity index is 1.26. The predicted octanol–water partition coefficient (Wildman–Crippen LogP) is 4.14. The number of nitrogens with zero attached hydrogens (tertiary/aromatic N) is 6. The highest BCUT2D eigenvalue weighted by Crippen LogP contribution is 2.25. The minimum atomic E-state index is 0.373. The van der Waals surface area contributed by atoms with E-state index < -0.39 is 0 Å². The van der Waals surface area contributed by atoms with Gasteiger partial charge >= 0.3 is 0 Å². The lowest BCUT2D eigenvalue weighted by molar-refractivity contribution is 0.430. The molecule has 0 spiro atoms. The lowest BCUT2D eigenvalue weighted by Crippen LogP contribution is -2.47. The first-order valence-corrected chi connectivity index (χ1v) is 10.5. The molecule has 0 saturated carbocycles. The fourth-order valence-electron chi connectivity index (χ4n) is 3.88.